The Morgan fingerprint density at radius 3 is 2.61 bits per heavy atom. The molecule has 0 aliphatic carbocycles. The maximum Gasteiger partial charge on any atom is 0.521 e. The summed E-state index contributed by atoms with van der Waals surface area (Å²) < 4.78 is 23.7. The van der Waals surface area contributed by atoms with Crippen LogP contribution in [-0.2, 0) is 19.7 Å². The minimum atomic E-state index is -4.16. The molecule has 3 amide bonds. The monoisotopic (exact) mass is 552 g/mol. The van der Waals surface area contributed by atoms with Crippen molar-refractivity contribution in [2.24, 2.45) is 11.1 Å². The van der Waals surface area contributed by atoms with Crippen LogP contribution in [0.5, 0.6) is 0 Å². The van der Waals surface area contributed by atoms with Gasteiger partial charge in [0.25, 0.3) is 5.91 Å². The Kier molecular flexibility index (Phi) is 6.99. The molecule has 192 valence electrons. The molecule has 12 heteroatoms. The number of nitrogens with one attached hydrogen (secondary N) is 1. The van der Waals surface area contributed by atoms with E-state index in [4.69, 9.17) is 16.7 Å². The molecule has 9 nitrogen and oxygen atoms in total. The predicted molar refractivity (Wildman–Crippen MR) is 136 cm³/mol. The largest absolute Gasteiger partial charge is 0.521 e. The highest BCUT2D eigenvalue weighted by Crippen LogP contribution is 2.47. The average Bonchev–Trinajstić information content (AvgIpc) is 3.35. The molecule has 36 heavy (non-hydrogen) atoms. The Morgan fingerprint density at radius 2 is 2.00 bits per heavy atom. The molecule has 0 radical (unpaired) electrons. The number of thioether (sulfide) groups is 1. The Labute approximate surface area is 218 Å². The number of hydrogen-bond donors (Lipinski definition) is 3. The van der Waals surface area contributed by atoms with Crippen molar-refractivity contribution in [2.75, 3.05) is 12.3 Å². The molecule has 2 aromatic rings. The van der Waals surface area contributed by atoms with E-state index < -0.39 is 37.3 Å². The third-order valence-corrected chi connectivity index (χ3v) is 10.1. The van der Waals surface area contributed by atoms with Gasteiger partial charge in [-0.05, 0) is 37.6 Å². The third-order valence-electron chi connectivity index (χ3n) is 7.08. The van der Waals surface area contributed by atoms with Crippen LogP contribution in [0.4, 0.5) is 4.79 Å². The van der Waals surface area contributed by atoms with Crippen LogP contribution in [0.2, 0.25) is 5.02 Å². The van der Waals surface area contributed by atoms with Gasteiger partial charge in [0.2, 0.25) is 10.0 Å². The standard InChI is InChI=1S/C24H26ClN3O6S2/c1-14(22(30)28(23(31)32)11-5-6-15(28)2)13-35-24(18-8-4-3-7-17(18)21(29)27-24)16-9-10-19(25)20(12-16)36(26,33)34/h3-4,7-10,12,14-15H,5-6,11,13H2,1-2H3,(H3-,26,27,29,31,32,33,34)/p+1/t14?,15-,24?,28?/m1/s1. The van der Waals surface area contributed by atoms with E-state index in [-0.39, 0.29) is 34.2 Å². The molecule has 0 aromatic heterocycles. The zero-order valence-electron chi connectivity index (χ0n) is 19.7. The van der Waals surface area contributed by atoms with E-state index in [1.807, 2.05) is 0 Å². The van der Waals surface area contributed by atoms with Crippen LogP contribution in [0.15, 0.2) is 47.4 Å². The molecule has 0 bridgehead atoms. The van der Waals surface area contributed by atoms with E-state index in [2.05, 4.69) is 5.32 Å². The first-order chi connectivity index (χ1) is 16.8. The smallest absolute Gasteiger partial charge is 0.435 e. The summed E-state index contributed by atoms with van der Waals surface area (Å²) in [5.74, 6) is -1.25. The summed E-state index contributed by atoms with van der Waals surface area (Å²) in [6.45, 7) is 3.69. The van der Waals surface area contributed by atoms with Crippen LogP contribution in [-0.4, -0.2) is 54.3 Å². The molecule has 2 aliphatic heterocycles. The Hall–Kier alpha value is -2.44. The van der Waals surface area contributed by atoms with E-state index in [1.165, 1.54) is 23.9 Å². The van der Waals surface area contributed by atoms with Gasteiger partial charge in [0, 0.05) is 29.7 Å². The minimum absolute atomic E-state index is 0.0570. The van der Waals surface area contributed by atoms with E-state index in [9.17, 15) is 27.9 Å². The summed E-state index contributed by atoms with van der Waals surface area (Å²) in [7, 11) is -4.16. The lowest BCUT2D eigenvalue weighted by Crippen LogP contribution is -2.60. The molecule has 3 unspecified atom stereocenters. The second-order valence-corrected chi connectivity index (χ2v) is 12.5. The van der Waals surface area contributed by atoms with Crippen molar-refractivity contribution in [3.63, 3.8) is 0 Å². The second-order valence-electron chi connectivity index (χ2n) is 9.29. The number of nitrogens with zero attached hydrogens (tertiary/aromatic N) is 1. The van der Waals surface area contributed by atoms with Crippen LogP contribution in [0.3, 0.4) is 0 Å². The number of rotatable bonds is 6. The summed E-state index contributed by atoms with van der Waals surface area (Å²) in [5.41, 5.74) is 1.42. The number of carboxylic acid groups (broad SMARTS) is 1. The zero-order chi connectivity index (χ0) is 26.5. The van der Waals surface area contributed by atoms with Gasteiger partial charge in [0.1, 0.15) is 15.8 Å². The number of fused-ring (bicyclic) bond motifs is 1. The first kappa shape index (κ1) is 26.6. The number of hydrogen-bond acceptors (Lipinski definition) is 6. The Morgan fingerprint density at radius 1 is 1.31 bits per heavy atom. The van der Waals surface area contributed by atoms with Crippen LogP contribution < -0.4 is 10.5 Å². The number of quaternary nitrogens is 1. The second kappa shape index (κ2) is 9.46. The maximum absolute atomic E-state index is 13.5. The van der Waals surface area contributed by atoms with E-state index >= 15 is 0 Å². The van der Waals surface area contributed by atoms with E-state index in [0.29, 0.717) is 29.5 Å². The molecule has 4 N–H and O–H groups in total. The topological polar surface area (TPSA) is 144 Å². The lowest BCUT2D eigenvalue weighted by Gasteiger charge is -2.34. The highest BCUT2D eigenvalue weighted by molar-refractivity contribution is 8.00. The molecular weight excluding hydrogens is 526 g/mol. The molecular formula is C24H27ClN3O6S2+. The van der Waals surface area contributed by atoms with Crippen LogP contribution in [0, 0.1) is 5.92 Å². The summed E-state index contributed by atoms with van der Waals surface area (Å²) in [6.07, 6.45) is 0.131. The van der Waals surface area contributed by atoms with Gasteiger partial charge in [-0.3, -0.25) is 4.79 Å². The van der Waals surface area contributed by atoms with Crippen molar-refractivity contribution in [3.05, 3.63) is 64.2 Å². The summed E-state index contributed by atoms with van der Waals surface area (Å²) in [5, 5.41) is 18.2. The number of imide groups is 1. The summed E-state index contributed by atoms with van der Waals surface area (Å²) in [4.78, 5) is 37.1. The number of carbonyl (C=O) groups is 3. The number of likely N-dealkylation sites (tertiary alicyclic amines) is 1. The molecule has 1 fully saturated rings. The fourth-order valence-corrected chi connectivity index (χ4v) is 7.65. The number of sulfonamides is 1. The third kappa shape index (κ3) is 4.22. The Balaban J connectivity index is 1.76. The first-order valence-corrected chi connectivity index (χ1v) is 14.3. The normalized spacial score (nSPS) is 26.3. The van der Waals surface area contributed by atoms with E-state index in [0.717, 1.165) is 0 Å². The molecule has 2 heterocycles. The number of nitrogens with two attached hydrogens (primary N) is 1. The number of primary sulfonamides is 1. The molecule has 2 aliphatic rings. The molecule has 0 saturated carbocycles. The van der Waals surface area contributed by atoms with Gasteiger partial charge in [0.15, 0.2) is 0 Å². The highest BCUT2D eigenvalue weighted by Gasteiger charge is 2.55. The number of benzene rings is 2. The maximum atomic E-state index is 13.5. The van der Waals surface area contributed by atoms with Crippen LogP contribution >= 0.6 is 23.4 Å². The molecule has 1 saturated heterocycles. The number of halogens is 1. The fourth-order valence-electron chi connectivity index (χ4n) is 5.15. The number of carbonyl (C=O) groups excluding carboxylic acids is 2. The van der Waals surface area contributed by atoms with E-state index in [1.54, 1.807) is 44.2 Å². The van der Waals surface area contributed by atoms with Crippen molar-refractivity contribution in [1.29, 1.82) is 0 Å². The molecule has 0 spiro atoms. The van der Waals surface area contributed by atoms with Crippen molar-refractivity contribution in [3.8, 4) is 0 Å². The number of amides is 3. The van der Waals surface area contributed by atoms with Gasteiger partial charge in [0.05, 0.1) is 17.5 Å². The average molecular weight is 553 g/mol. The quantitative estimate of drug-likeness (QED) is 0.465. The van der Waals surface area contributed by atoms with Crippen LogP contribution in [0.1, 0.15) is 48.2 Å². The fraction of sp³-hybridized carbons (Fsp3) is 0.375. The predicted octanol–water partition coefficient (Wildman–Crippen LogP) is 3.50. The molecule has 2 aromatic carbocycles. The highest BCUT2D eigenvalue weighted by atomic mass is 35.5. The minimum Gasteiger partial charge on any atom is -0.435 e. The van der Waals surface area contributed by atoms with Crippen molar-refractivity contribution in [2.45, 2.75) is 42.5 Å². The van der Waals surface area contributed by atoms with Gasteiger partial charge in [-0.2, -0.15) is 9.28 Å². The van der Waals surface area contributed by atoms with Gasteiger partial charge < -0.3 is 10.4 Å². The summed E-state index contributed by atoms with van der Waals surface area (Å²) >= 11 is 7.34. The van der Waals surface area contributed by atoms with Crippen molar-refractivity contribution >= 4 is 51.3 Å². The SMILES string of the molecule is CC(CSC1(c2ccc(Cl)c(S(N)(=O)=O)c2)NC(=O)c2ccccc21)C(=O)[N+]1(C(=O)O)CCC[C@H]1C. The Bertz CT molecular complexity index is 1370. The zero-order valence-corrected chi connectivity index (χ0v) is 22.1. The molecule has 4 rings (SSSR count). The van der Waals surface area contributed by atoms with Crippen molar-refractivity contribution in [1.82, 2.24) is 5.32 Å². The first-order valence-electron chi connectivity index (χ1n) is 11.4. The van der Waals surface area contributed by atoms with Gasteiger partial charge >= 0.3 is 12.0 Å². The van der Waals surface area contributed by atoms with Crippen LogP contribution in [0.25, 0.3) is 0 Å². The summed E-state index contributed by atoms with van der Waals surface area (Å²) in [6, 6.07) is 10.9. The molecule has 4 atom stereocenters. The van der Waals surface area contributed by atoms with Gasteiger partial charge in [-0.25, -0.2) is 18.4 Å². The lowest BCUT2D eigenvalue weighted by molar-refractivity contribution is -0.793. The van der Waals surface area contributed by atoms with Gasteiger partial charge in [-0.1, -0.05) is 35.9 Å². The van der Waals surface area contributed by atoms with Gasteiger partial charge in [-0.15, -0.1) is 11.8 Å². The van der Waals surface area contributed by atoms with Crippen molar-refractivity contribution < 1.29 is 32.4 Å². The lowest BCUT2D eigenvalue weighted by atomic mass is 9.97.